The maximum absolute atomic E-state index is 12.9. The van der Waals surface area contributed by atoms with Gasteiger partial charge in [-0.25, -0.2) is 4.98 Å². The van der Waals surface area contributed by atoms with E-state index in [-0.39, 0.29) is 5.91 Å². The van der Waals surface area contributed by atoms with Crippen molar-refractivity contribution in [2.75, 3.05) is 31.1 Å². The normalized spacial score (nSPS) is 14.6. The zero-order valence-electron chi connectivity index (χ0n) is 17.8. The van der Waals surface area contributed by atoms with Crippen LogP contribution in [0.15, 0.2) is 30.3 Å². The maximum Gasteiger partial charge on any atom is 0.227 e. The lowest BCUT2D eigenvalue weighted by Gasteiger charge is -2.34. The Morgan fingerprint density at radius 3 is 2.38 bits per heavy atom. The lowest BCUT2D eigenvalue weighted by atomic mass is 9.97. The van der Waals surface area contributed by atoms with E-state index in [9.17, 15) is 4.79 Å². The van der Waals surface area contributed by atoms with E-state index >= 15 is 0 Å². The number of aromatic nitrogens is 1. The van der Waals surface area contributed by atoms with Crippen LogP contribution >= 0.6 is 11.3 Å². The molecule has 1 saturated heterocycles. The monoisotopic (exact) mass is 407 g/mol. The first kappa shape index (κ1) is 19.9. The standard InChI is InChI=1S/C24H29N3OS/c1-5-19-6-7-21-22(14-19)29-24(25-21)27-10-8-26(9-11-27)23(28)15-20-17(3)12-16(2)13-18(20)4/h6-7,12-14H,5,8-11,15H2,1-4H3. The number of fused-ring (bicyclic) bond motifs is 1. The highest BCUT2D eigenvalue weighted by Gasteiger charge is 2.24. The number of carbonyl (C=O) groups excluding carboxylic acids is 1. The average Bonchev–Trinajstić information content (AvgIpc) is 3.13. The van der Waals surface area contributed by atoms with Crippen LogP contribution in [0.5, 0.6) is 0 Å². The second kappa shape index (κ2) is 8.15. The first-order chi connectivity index (χ1) is 13.9. The summed E-state index contributed by atoms with van der Waals surface area (Å²) in [5, 5.41) is 1.07. The van der Waals surface area contributed by atoms with Crippen LogP contribution in [0.3, 0.4) is 0 Å². The highest BCUT2D eigenvalue weighted by atomic mass is 32.1. The van der Waals surface area contributed by atoms with E-state index in [1.54, 1.807) is 11.3 Å². The van der Waals surface area contributed by atoms with E-state index in [2.05, 4.69) is 62.9 Å². The lowest BCUT2D eigenvalue weighted by Crippen LogP contribution is -2.49. The van der Waals surface area contributed by atoms with Crippen molar-refractivity contribution in [2.45, 2.75) is 40.5 Å². The molecule has 4 rings (SSSR count). The fourth-order valence-electron chi connectivity index (χ4n) is 4.21. The first-order valence-corrected chi connectivity index (χ1v) is 11.2. The van der Waals surface area contributed by atoms with Gasteiger partial charge in [-0.15, -0.1) is 0 Å². The van der Waals surface area contributed by atoms with Crippen molar-refractivity contribution in [3.63, 3.8) is 0 Å². The second-order valence-corrected chi connectivity index (χ2v) is 9.08. The number of rotatable bonds is 4. The number of hydrogen-bond donors (Lipinski definition) is 0. The van der Waals surface area contributed by atoms with Crippen LogP contribution in [0.4, 0.5) is 5.13 Å². The van der Waals surface area contributed by atoms with Crippen LogP contribution in [-0.2, 0) is 17.6 Å². The minimum absolute atomic E-state index is 0.233. The maximum atomic E-state index is 12.9. The van der Waals surface area contributed by atoms with Crippen LogP contribution < -0.4 is 4.90 Å². The van der Waals surface area contributed by atoms with Crippen molar-refractivity contribution in [3.05, 3.63) is 58.1 Å². The van der Waals surface area contributed by atoms with Crippen molar-refractivity contribution in [1.29, 1.82) is 0 Å². The number of nitrogens with zero attached hydrogens (tertiary/aromatic N) is 3. The number of benzene rings is 2. The quantitative estimate of drug-likeness (QED) is 0.630. The average molecular weight is 408 g/mol. The summed E-state index contributed by atoms with van der Waals surface area (Å²) in [6.07, 6.45) is 1.54. The third-order valence-corrected chi connectivity index (χ3v) is 7.00. The van der Waals surface area contributed by atoms with E-state index < -0.39 is 0 Å². The van der Waals surface area contributed by atoms with Gasteiger partial charge in [0.1, 0.15) is 0 Å². The summed E-state index contributed by atoms with van der Waals surface area (Å²) in [5.74, 6) is 0.233. The van der Waals surface area contributed by atoms with Gasteiger partial charge < -0.3 is 9.80 Å². The van der Waals surface area contributed by atoms with Crippen LogP contribution in [0.2, 0.25) is 0 Å². The molecule has 1 aromatic heterocycles. The number of anilines is 1. The predicted octanol–water partition coefficient (Wildman–Crippen LogP) is 4.68. The summed E-state index contributed by atoms with van der Waals surface area (Å²) in [6, 6.07) is 10.9. The molecule has 0 atom stereocenters. The van der Waals surface area contributed by atoms with Gasteiger partial charge >= 0.3 is 0 Å². The number of thiazole rings is 1. The highest BCUT2D eigenvalue weighted by Crippen LogP contribution is 2.30. The fraction of sp³-hybridized carbons (Fsp3) is 0.417. The Bertz CT molecular complexity index is 1020. The molecule has 0 saturated carbocycles. The zero-order chi connectivity index (χ0) is 20.5. The van der Waals surface area contributed by atoms with Gasteiger partial charge in [-0.3, -0.25) is 4.79 Å². The smallest absolute Gasteiger partial charge is 0.227 e. The van der Waals surface area contributed by atoms with Gasteiger partial charge in [0, 0.05) is 26.2 Å². The molecule has 0 spiro atoms. The number of piperazine rings is 1. The minimum Gasteiger partial charge on any atom is -0.345 e. The molecule has 1 aliphatic heterocycles. The van der Waals surface area contributed by atoms with Gasteiger partial charge in [0.25, 0.3) is 0 Å². The van der Waals surface area contributed by atoms with Crippen molar-refractivity contribution in [1.82, 2.24) is 9.88 Å². The molecule has 2 aromatic carbocycles. The largest absolute Gasteiger partial charge is 0.345 e. The molecule has 1 amide bonds. The van der Waals surface area contributed by atoms with Gasteiger partial charge in [0.15, 0.2) is 5.13 Å². The van der Waals surface area contributed by atoms with Crippen LogP contribution in [0.25, 0.3) is 10.2 Å². The van der Waals surface area contributed by atoms with Gasteiger partial charge in [0.2, 0.25) is 5.91 Å². The molecule has 3 aromatic rings. The highest BCUT2D eigenvalue weighted by molar-refractivity contribution is 7.22. The van der Waals surface area contributed by atoms with E-state index in [4.69, 9.17) is 4.98 Å². The Labute approximate surface area is 177 Å². The number of hydrogen-bond acceptors (Lipinski definition) is 4. The number of carbonyl (C=O) groups is 1. The number of amides is 1. The molecule has 1 aliphatic rings. The molecule has 5 heteroatoms. The molecule has 0 aliphatic carbocycles. The van der Waals surface area contributed by atoms with Crippen molar-refractivity contribution in [3.8, 4) is 0 Å². The van der Waals surface area contributed by atoms with Crippen LogP contribution in [0, 0.1) is 20.8 Å². The Hall–Kier alpha value is -2.40. The molecule has 152 valence electrons. The molecule has 0 radical (unpaired) electrons. The summed E-state index contributed by atoms with van der Waals surface area (Å²) in [5.41, 5.74) is 7.30. The van der Waals surface area contributed by atoms with Crippen LogP contribution in [0.1, 0.15) is 34.7 Å². The van der Waals surface area contributed by atoms with Crippen molar-refractivity contribution >= 4 is 32.6 Å². The van der Waals surface area contributed by atoms with Crippen molar-refractivity contribution in [2.24, 2.45) is 0 Å². The minimum atomic E-state index is 0.233. The summed E-state index contributed by atoms with van der Waals surface area (Å²) >= 11 is 1.76. The molecule has 4 nitrogen and oxygen atoms in total. The molecular formula is C24H29N3OS. The molecule has 29 heavy (non-hydrogen) atoms. The third kappa shape index (κ3) is 4.15. The van der Waals surface area contributed by atoms with Crippen LogP contribution in [-0.4, -0.2) is 42.0 Å². The SMILES string of the molecule is CCc1ccc2nc(N3CCN(C(=O)Cc4c(C)cc(C)cc4C)CC3)sc2c1. The van der Waals surface area contributed by atoms with E-state index in [0.717, 1.165) is 43.2 Å². The van der Waals surface area contributed by atoms with Gasteiger partial charge in [0.05, 0.1) is 16.6 Å². The Morgan fingerprint density at radius 1 is 1.03 bits per heavy atom. The summed E-state index contributed by atoms with van der Waals surface area (Å²) in [6.45, 7) is 11.7. The summed E-state index contributed by atoms with van der Waals surface area (Å²) in [7, 11) is 0. The number of aryl methyl sites for hydroxylation is 4. The van der Waals surface area contributed by atoms with Gasteiger partial charge in [-0.2, -0.15) is 0 Å². The Balaban J connectivity index is 1.41. The topological polar surface area (TPSA) is 36.4 Å². The fourth-order valence-corrected chi connectivity index (χ4v) is 5.29. The van der Waals surface area contributed by atoms with E-state index in [1.165, 1.54) is 32.5 Å². The second-order valence-electron chi connectivity index (χ2n) is 8.07. The summed E-state index contributed by atoms with van der Waals surface area (Å²) < 4.78 is 1.25. The predicted molar refractivity (Wildman–Crippen MR) is 122 cm³/mol. The molecule has 2 heterocycles. The molecule has 0 N–H and O–H groups in total. The van der Waals surface area contributed by atoms with E-state index in [0.29, 0.717) is 6.42 Å². The third-order valence-electron chi connectivity index (χ3n) is 5.92. The Kier molecular flexibility index (Phi) is 5.59. The molecule has 0 unspecified atom stereocenters. The van der Waals surface area contributed by atoms with Crippen molar-refractivity contribution < 1.29 is 4.79 Å². The first-order valence-electron chi connectivity index (χ1n) is 10.4. The summed E-state index contributed by atoms with van der Waals surface area (Å²) in [4.78, 5) is 22.1. The molecule has 1 fully saturated rings. The lowest BCUT2D eigenvalue weighted by molar-refractivity contribution is -0.130. The Morgan fingerprint density at radius 2 is 1.72 bits per heavy atom. The van der Waals surface area contributed by atoms with Gasteiger partial charge in [-0.1, -0.05) is 42.0 Å². The molecular weight excluding hydrogens is 378 g/mol. The van der Waals surface area contributed by atoms with Gasteiger partial charge in [-0.05, 0) is 61.6 Å². The van der Waals surface area contributed by atoms with E-state index in [1.807, 2.05) is 4.90 Å². The molecule has 0 bridgehead atoms. The zero-order valence-corrected chi connectivity index (χ0v) is 18.6.